The highest BCUT2D eigenvalue weighted by molar-refractivity contribution is 14.0. The highest BCUT2D eigenvalue weighted by atomic mass is 127. The number of guanidine groups is 1. The number of nitrogens with one attached hydrogen (secondary N) is 2. The first kappa shape index (κ1) is 22.8. The van der Waals surface area contributed by atoms with E-state index in [4.69, 9.17) is 4.74 Å². The van der Waals surface area contributed by atoms with Crippen LogP contribution in [0.4, 0.5) is 0 Å². The molecule has 0 spiro atoms. The van der Waals surface area contributed by atoms with E-state index in [0.717, 1.165) is 30.4 Å². The van der Waals surface area contributed by atoms with Gasteiger partial charge in [0.2, 0.25) is 0 Å². The Kier molecular flexibility index (Phi) is 11.4. The van der Waals surface area contributed by atoms with Crippen molar-refractivity contribution >= 4 is 29.9 Å². The predicted molar refractivity (Wildman–Crippen MR) is 121 cm³/mol. The van der Waals surface area contributed by atoms with E-state index in [9.17, 15) is 0 Å². The number of hydrogen-bond donors (Lipinski definition) is 2. The van der Waals surface area contributed by atoms with Gasteiger partial charge in [0.1, 0.15) is 12.4 Å². The topological polar surface area (TPSA) is 48.9 Å². The van der Waals surface area contributed by atoms with Gasteiger partial charge >= 0.3 is 0 Å². The minimum atomic E-state index is 0. The highest BCUT2D eigenvalue weighted by Crippen LogP contribution is 2.17. The fourth-order valence-corrected chi connectivity index (χ4v) is 3.08. The van der Waals surface area contributed by atoms with Gasteiger partial charge in [0.05, 0.1) is 0 Å². The van der Waals surface area contributed by atoms with Crippen LogP contribution in [0.2, 0.25) is 0 Å². The lowest BCUT2D eigenvalue weighted by molar-refractivity contribution is 0.287. The Morgan fingerprint density at radius 1 is 1.31 bits per heavy atom. The first-order valence-electron chi connectivity index (χ1n) is 9.21. The molecule has 5 nitrogen and oxygen atoms in total. The molecule has 1 fully saturated rings. The van der Waals surface area contributed by atoms with Gasteiger partial charge in [-0.3, -0.25) is 4.99 Å². The van der Waals surface area contributed by atoms with E-state index in [1.54, 1.807) is 13.1 Å². The Morgan fingerprint density at radius 3 is 2.73 bits per heavy atom. The van der Waals surface area contributed by atoms with Crippen molar-refractivity contribution in [1.29, 1.82) is 0 Å². The van der Waals surface area contributed by atoms with Crippen molar-refractivity contribution in [1.82, 2.24) is 15.5 Å². The lowest BCUT2D eigenvalue weighted by Gasteiger charge is -2.21. The zero-order chi connectivity index (χ0) is 17.9. The molecule has 1 aromatic carbocycles. The van der Waals surface area contributed by atoms with Gasteiger partial charge in [0.15, 0.2) is 5.96 Å². The summed E-state index contributed by atoms with van der Waals surface area (Å²) in [6, 6.07) is 8.05. The average molecular weight is 472 g/mol. The molecule has 1 unspecified atom stereocenters. The molecule has 1 aromatic rings. The first-order valence-corrected chi connectivity index (χ1v) is 9.21. The number of para-hydroxylation sites is 1. The quantitative estimate of drug-likeness (QED) is 0.251. The lowest BCUT2D eigenvalue weighted by atomic mass is 10.1. The summed E-state index contributed by atoms with van der Waals surface area (Å²) in [6.45, 7) is 11.7. The van der Waals surface area contributed by atoms with E-state index in [1.807, 2.05) is 18.2 Å². The third kappa shape index (κ3) is 7.95. The van der Waals surface area contributed by atoms with Crippen molar-refractivity contribution in [2.75, 3.05) is 39.8 Å². The summed E-state index contributed by atoms with van der Waals surface area (Å²) in [5, 5.41) is 6.80. The molecule has 0 aliphatic carbocycles. The molecule has 0 radical (unpaired) electrons. The van der Waals surface area contributed by atoms with Gasteiger partial charge < -0.3 is 20.3 Å². The molecule has 1 saturated heterocycles. The van der Waals surface area contributed by atoms with Gasteiger partial charge in [-0.25, -0.2) is 0 Å². The standard InChI is InChI=1S/C20H32N4O.HI/c1-4-13-25-19-10-6-5-9-18(19)15-23-20(21-3)22-14-17(2)16-24-11-7-8-12-24;/h4-6,9-10,17H,1,7-8,11-16H2,2-3H3,(H2,21,22,23);1H. The van der Waals surface area contributed by atoms with Gasteiger partial charge in [-0.15, -0.1) is 24.0 Å². The summed E-state index contributed by atoms with van der Waals surface area (Å²) in [5.41, 5.74) is 1.11. The summed E-state index contributed by atoms with van der Waals surface area (Å²) >= 11 is 0. The molecule has 1 aliphatic heterocycles. The molecule has 2 rings (SSSR count). The van der Waals surface area contributed by atoms with E-state index in [0.29, 0.717) is 19.1 Å². The predicted octanol–water partition coefficient (Wildman–Crippen LogP) is 3.27. The van der Waals surface area contributed by atoms with E-state index < -0.39 is 0 Å². The molecule has 2 N–H and O–H groups in total. The molecular weight excluding hydrogens is 439 g/mol. The summed E-state index contributed by atoms with van der Waals surface area (Å²) in [5.74, 6) is 2.31. The molecule has 0 aromatic heterocycles. The third-order valence-corrected chi connectivity index (χ3v) is 4.39. The molecule has 1 aliphatic rings. The number of aliphatic imine (C=N–C) groups is 1. The summed E-state index contributed by atoms with van der Waals surface area (Å²) in [6.07, 6.45) is 4.44. The lowest BCUT2D eigenvalue weighted by Crippen LogP contribution is -2.41. The van der Waals surface area contributed by atoms with Gasteiger partial charge in [-0.05, 0) is 37.9 Å². The number of hydrogen-bond acceptors (Lipinski definition) is 3. The third-order valence-electron chi connectivity index (χ3n) is 4.39. The molecule has 1 atom stereocenters. The molecule has 0 bridgehead atoms. The molecule has 1 heterocycles. The highest BCUT2D eigenvalue weighted by Gasteiger charge is 2.14. The summed E-state index contributed by atoms with van der Waals surface area (Å²) < 4.78 is 5.70. The Morgan fingerprint density at radius 2 is 2.04 bits per heavy atom. The number of halogens is 1. The fourth-order valence-electron chi connectivity index (χ4n) is 3.08. The Balaban J connectivity index is 0.00000338. The maximum absolute atomic E-state index is 5.70. The summed E-state index contributed by atoms with van der Waals surface area (Å²) in [7, 11) is 1.81. The smallest absolute Gasteiger partial charge is 0.191 e. The number of likely N-dealkylation sites (tertiary alicyclic amines) is 1. The second-order valence-corrected chi connectivity index (χ2v) is 6.63. The monoisotopic (exact) mass is 472 g/mol. The van der Waals surface area contributed by atoms with Crippen molar-refractivity contribution in [2.24, 2.45) is 10.9 Å². The minimum absolute atomic E-state index is 0. The molecule has 146 valence electrons. The van der Waals surface area contributed by atoms with Crippen LogP contribution in [0.1, 0.15) is 25.3 Å². The molecule has 6 heteroatoms. The van der Waals surface area contributed by atoms with E-state index in [2.05, 4.69) is 40.1 Å². The van der Waals surface area contributed by atoms with Crippen LogP contribution in [0, 0.1) is 5.92 Å². The SMILES string of the molecule is C=CCOc1ccccc1CNC(=NC)NCC(C)CN1CCCC1.I. The van der Waals surface area contributed by atoms with Crippen LogP contribution in [-0.2, 0) is 6.54 Å². The maximum atomic E-state index is 5.70. The molecule has 0 amide bonds. The van der Waals surface area contributed by atoms with E-state index in [1.165, 1.54) is 25.9 Å². The number of ether oxygens (including phenoxy) is 1. The van der Waals surface area contributed by atoms with Gasteiger partial charge in [-0.2, -0.15) is 0 Å². The fraction of sp³-hybridized carbons (Fsp3) is 0.550. The largest absolute Gasteiger partial charge is 0.489 e. The van der Waals surface area contributed by atoms with Crippen LogP contribution in [0.5, 0.6) is 5.75 Å². The van der Waals surface area contributed by atoms with Crippen LogP contribution in [-0.4, -0.2) is 50.7 Å². The number of rotatable bonds is 9. The van der Waals surface area contributed by atoms with Crippen molar-refractivity contribution in [3.05, 3.63) is 42.5 Å². The van der Waals surface area contributed by atoms with Crippen molar-refractivity contribution in [3.8, 4) is 5.75 Å². The first-order chi connectivity index (χ1) is 12.2. The minimum Gasteiger partial charge on any atom is -0.489 e. The molecule has 0 saturated carbocycles. The van der Waals surface area contributed by atoms with Gasteiger partial charge in [0.25, 0.3) is 0 Å². The van der Waals surface area contributed by atoms with Crippen molar-refractivity contribution in [2.45, 2.75) is 26.3 Å². The number of nitrogens with zero attached hydrogens (tertiary/aromatic N) is 2. The second kappa shape index (κ2) is 13.0. The average Bonchev–Trinajstić information content (AvgIpc) is 3.13. The van der Waals surface area contributed by atoms with Gasteiger partial charge in [0, 0.05) is 32.2 Å². The molecule has 26 heavy (non-hydrogen) atoms. The van der Waals surface area contributed by atoms with Crippen LogP contribution in [0.15, 0.2) is 41.9 Å². The zero-order valence-corrected chi connectivity index (χ0v) is 18.4. The van der Waals surface area contributed by atoms with Crippen molar-refractivity contribution in [3.63, 3.8) is 0 Å². The zero-order valence-electron chi connectivity index (χ0n) is 16.0. The maximum Gasteiger partial charge on any atom is 0.191 e. The Hall–Kier alpha value is -1.28. The normalized spacial score (nSPS) is 15.8. The van der Waals surface area contributed by atoms with E-state index in [-0.39, 0.29) is 24.0 Å². The van der Waals surface area contributed by atoms with Crippen molar-refractivity contribution < 1.29 is 4.74 Å². The van der Waals surface area contributed by atoms with Gasteiger partial charge in [-0.1, -0.05) is 37.8 Å². The number of benzene rings is 1. The Labute approximate surface area is 175 Å². The summed E-state index contributed by atoms with van der Waals surface area (Å²) in [4.78, 5) is 6.87. The van der Waals surface area contributed by atoms with Crippen LogP contribution < -0.4 is 15.4 Å². The van der Waals surface area contributed by atoms with Crippen LogP contribution >= 0.6 is 24.0 Å². The second-order valence-electron chi connectivity index (χ2n) is 6.63. The van der Waals surface area contributed by atoms with E-state index >= 15 is 0 Å². The molecular formula is C20H33IN4O. The van der Waals surface area contributed by atoms with Crippen LogP contribution in [0.3, 0.4) is 0 Å². The Bertz CT molecular complexity index is 558. The van der Waals surface area contributed by atoms with Crippen LogP contribution in [0.25, 0.3) is 0 Å².